The van der Waals surface area contributed by atoms with E-state index in [-0.39, 0.29) is 11.9 Å². The molecule has 0 unspecified atom stereocenters. The summed E-state index contributed by atoms with van der Waals surface area (Å²) in [5.41, 5.74) is 0.927. The monoisotopic (exact) mass is 329 g/mol. The fraction of sp³-hybridized carbons (Fsp3) is 0.471. The molecule has 2 atom stereocenters. The zero-order valence-corrected chi connectivity index (χ0v) is 13.8. The highest BCUT2D eigenvalue weighted by molar-refractivity contribution is 5.80. The second-order valence-corrected chi connectivity index (χ2v) is 6.10. The number of rotatable bonds is 5. The van der Waals surface area contributed by atoms with Gasteiger partial charge in [-0.3, -0.25) is 9.69 Å². The summed E-state index contributed by atoms with van der Waals surface area (Å²) in [6.45, 7) is 5.28. The van der Waals surface area contributed by atoms with Gasteiger partial charge in [0.05, 0.1) is 6.10 Å². The molecule has 1 aromatic carbocycles. The Morgan fingerprint density at radius 3 is 2.54 bits per heavy atom. The number of hydrogen-bond donors (Lipinski definition) is 1. The van der Waals surface area contributed by atoms with Crippen molar-refractivity contribution < 1.29 is 9.90 Å². The average Bonchev–Trinajstić information content (AvgIpc) is 3.16. The molecule has 3 rings (SSSR count). The molecule has 7 heteroatoms. The van der Waals surface area contributed by atoms with Crippen molar-refractivity contribution in [2.24, 2.45) is 0 Å². The van der Waals surface area contributed by atoms with Crippen LogP contribution in [0.25, 0.3) is 0 Å². The first-order valence-corrected chi connectivity index (χ1v) is 8.23. The molecule has 0 spiro atoms. The van der Waals surface area contributed by atoms with Crippen molar-refractivity contribution in [3.8, 4) is 0 Å². The number of nitrogens with zero attached hydrogens (tertiary/aromatic N) is 5. The minimum atomic E-state index is -0.498. The van der Waals surface area contributed by atoms with E-state index in [1.165, 1.54) is 6.33 Å². The zero-order valence-electron chi connectivity index (χ0n) is 13.8. The van der Waals surface area contributed by atoms with Crippen LogP contribution < -0.4 is 0 Å². The Kier molecular flexibility index (Phi) is 5.22. The smallest absolute Gasteiger partial charge is 0.247 e. The molecule has 24 heavy (non-hydrogen) atoms. The highest BCUT2D eigenvalue weighted by Crippen LogP contribution is 2.16. The summed E-state index contributed by atoms with van der Waals surface area (Å²) in [6, 6.07) is 9.33. The predicted octanol–water partition coefficient (Wildman–Crippen LogP) is 0.717. The van der Waals surface area contributed by atoms with E-state index in [1.54, 1.807) is 11.0 Å². The molecule has 0 aliphatic carbocycles. The van der Waals surface area contributed by atoms with E-state index in [4.69, 9.17) is 0 Å². The minimum Gasteiger partial charge on any atom is -0.387 e. The van der Waals surface area contributed by atoms with Gasteiger partial charge in [0.2, 0.25) is 5.91 Å². The average molecular weight is 329 g/mol. The van der Waals surface area contributed by atoms with E-state index < -0.39 is 6.10 Å². The summed E-state index contributed by atoms with van der Waals surface area (Å²) < 4.78 is 1.58. The number of β-amino-alcohol motifs (C(OH)–C–C–N with tert-alkyl or cyclic N) is 1. The first-order chi connectivity index (χ1) is 11.6. The first-order valence-electron chi connectivity index (χ1n) is 8.23. The second-order valence-electron chi connectivity index (χ2n) is 6.10. The number of aliphatic hydroxyl groups excluding tert-OH is 1. The van der Waals surface area contributed by atoms with Crippen LogP contribution in [0.5, 0.6) is 0 Å². The molecule has 1 aliphatic rings. The Hall–Kier alpha value is -2.25. The molecule has 0 radical (unpaired) electrons. The Balaban J connectivity index is 1.50. The third-order valence-corrected chi connectivity index (χ3v) is 4.49. The summed E-state index contributed by atoms with van der Waals surface area (Å²) in [6.07, 6.45) is 2.50. The molecular weight excluding hydrogens is 306 g/mol. The first kappa shape index (κ1) is 16.6. The number of aromatic nitrogens is 3. The summed E-state index contributed by atoms with van der Waals surface area (Å²) in [4.78, 5) is 20.5. The fourth-order valence-corrected chi connectivity index (χ4v) is 2.97. The maximum Gasteiger partial charge on any atom is 0.247 e. The number of benzene rings is 1. The highest BCUT2D eigenvalue weighted by atomic mass is 16.3. The van der Waals surface area contributed by atoms with Gasteiger partial charge >= 0.3 is 0 Å². The van der Waals surface area contributed by atoms with Crippen LogP contribution in [0.3, 0.4) is 0 Å². The van der Waals surface area contributed by atoms with Gasteiger partial charge in [0.15, 0.2) is 0 Å². The fourth-order valence-electron chi connectivity index (χ4n) is 2.97. The standard InChI is InChI=1S/C17H23N5O2/c1-14(22-13-18-12-19-22)17(24)21-9-7-20(8-10-21)11-16(23)15-5-3-2-4-6-15/h2-6,12-14,16,23H,7-11H2,1H3/t14-,16+/m0/s1. The van der Waals surface area contributed by atoms with Crippen molar-refractivity contribution in [3.63, 3.8) is 0 Å². The van der Waals surface area contributed by atoms with Gasteiger partial charge < -0.3 is 10.0 Å². The molecule has 1 fully saturated rings. The van der Waals surface area contributed by atoms with Crippen molar-refractivity contribution in [1.29, 1.82) is 0 Å². The largest absolute Gasteiger partial charge is 0.387 e. The topological polar surface area (TPSA) is 74.5 Å². The van der Waals surface area contributed by atoms with Crippen LogP contribution in [0.15, 0.2) is 43.0 Å². The number of piperazine rings is 1. The molecule has 1 aliphatic heterocycles. The minimum absolute atomic E-state index is 0.0590. The Bertz CT molecular complexity index is 638. The SMILES string of the molecule is C[C@@H](C(=O)N1CCN(C[C@@H](O)c2ccccc2)CC1)n1cncn1. The Labute approximate surface area is 141 Å². The van der Waals surface area contributed by atoms with Crippen molar-refractivity contribution >= 4 is 5.91 Å². The van der Waals surface area contributed by atoms with E-state index in [2.05, 4.69) is 15.0 Å². The normalized spacial score (nSPS) is 18.3. The molecule has 2 heterocycles. The van der Waals surface area contributed by atoms with E-state index in [9.17, 15) is 9.90 Å². The van der Waals surface area contributed by atoms with Gasteiger partial charge in [-0.1, -0.05) is 30.3 Å². The summed E-state index contributed by atoms with van der Waals surface area (Å²) in [7, 11) is 0. The summed E-state index contributed by atoms with van der Waals surface area (Å²) in [5.74, 6) is 0.0590. The number of hydrogen-bond acceptors (Lipinski definition) is 5. The predicted molar refractivity (Wildman–Crippen MR) is 89.2 cm³/mol. The molecule has 0 saturated carbocycles. The molecule has 7 nitrogen and oxygen atoms in total. The maximum atomic E-state index is 12.5. The lowest BCUT2D eigenvalue weighted by Gasteiger charge is -2.36. The zero-order chi connectivity index (χ0) is 16.9. The van der Waals surface area contributed by atoms with E-state index in [0.717, 1.165) is 18.7 Å². The van der Waals surface area contributed by atoms with Gasteiger partial charge in [-0.25, -0.2) is 9.67 Å². The molecule has 1 N–H and O–H groups in total. The molecule has 1 aromatic heterocycles. The lowest BCUT2D eigenvalue weighted by atomic mass is 10.1. The number of carbonyl (C=O) groups is 1. The Morgan fingerprint density at radius 2 is 1.92 bits per heavy atom. The quantitative estimate of drug-likeness (QED) is 0.875. The van der Waals surface area contributed by atoms with Crippen LogP contribution in [-0.2, 0) is 4.79 Å². The second kappa shape index (κ2) is 7.55. The van der Waals surface area contributed by atoms with Crippen molar-refractivity contribution in [1.82, 2.24) is 24.6 Å². The number of carbonyl (C=O) groups excluding carboxylic acids is 1. The Morgan fingerprint density at radius 1 is 1.21 bits per heavy atom. The van der Waals surface area contributed by atoms with Crippen LogP contribution in [0.4, 0.5) is 0 Å². The summed E-state index contributed by atoms with van der Waals surface area (Å²) in [5, 5.41) is 14.4. The summed E-state index contributed by atoms with van der Waals surface area (Å²) >= 11 is 0. The van der Waals surface area contributed by atoms with Crippen LogP contribution in [0.2, 0.25) is 0 Å². The maximum absolute atomic E-state index is 12.5. The third kappa shape index (κ3) is 3.80. The van der Waals surface area contributed by atoms with E-state index >= 15 is 0 Å². The molecule has 0 bridgehead atoms. The van der Waals surface area contributed by atoms with E-state index in [1.807, 2.05) is 42.2 Å². The van der Waals surface area contributed by atoms with Crippen molar-refractivity contribution in [2.75, 3.05) is 32.7 Å². The van der Waals surface area contributed by atoms with Crippen LogP contribution in [0.1, 0.15) is 24.6 Å². The number of aliphatic hydroxyl groups is 1. The van der Waals surface area contributed by atoms with Gasteiger partial charge in [0.1, 0.15) is 18.7 Å². The molecule has 1 amide bonds. The number of amides is 1. The van der Waals surface area contributed by atoms with Crippen molar-refractivity contribution in [3.05, 3.63) is 48.5 Å². The van der Waals surface area contributed by atoms with Crippen LogP contribution in [-0.4, -0.2) is 68.3 Å². The third-order valence-electron chi connectivity index (χ3n) is 4.49. The van der Waals surface area contributed by atoms with Gasteiger partial charge in [-0.2, -0.15) is 5.10 Å². The van der Waals surface area contributed by atoms with Gasteiger partial charge in [0, 0.05) is 32.7 Å². The molecular formula is C17H23N5O2. The lowest BCUT2D eigenvalue weighted by molar-refractivity contribution is -0.136. The van der Waals surface area contributed by atoms with Gasteiger partial charge in [0.25, 0.3) is 0 Å². The molecule has 128 valence electrons. The van der Waals surface area contributed by atoms with Crippen LogP contribution >= 0.6 is 0 Å². The van der Waals surface area contributed by atoms with Gasteiger partial charge in [-0.05, 0) is 12.5 Å². The van der Waals surface area contributed by atoms with Crippen LogP contribution in [0, 0.1) is 0 Å². The molecule has 2 aromatic rings. The highest BCUT2D eigenvalue weighted by Gasteiger charge is 2.27. The van der Waals surface area contributed by atoms with E-state index in [0.29, 0.717) is 19.6 Å². The van der Waals surface area contributed by atoms with Crippen molar-refractivity contribution in [2.45, 2.75) is 19.1 Å². The van der Waals surface area contributed by atoms with Gasteiger partial charge in [-0.15, -0.1) is 0 Å². The lowest BCUT2D eigenvalue weighted by Crippen LogP contribution is -2.51. The molecule has 1 saturated heterocycles.